The molecule has 0 aromatic heterocycles. The largest absolute Gasteiger partial charge is 0.493 e. The third-order valence-corrected chi connectivity index (χ3v) is 4.62. The molecule has 0 aliphatic rings. The highest BCUT2D eigenvalue weighted by Crippen LogP contribution is 2.32. The van der Waals surface area contributed by atoms with E-state index >= 15 is 0 Å². The quantitative estimate of drug-likeness (QED) is 0.233. The van der Waals surface area contributed by atoms with Crippen LogP contribution in [0.15, 0.2) is 83.6 Å². The van der Waals surface area contributed by atoms with E-state index in [0.717, 1.165) is 5.69 Å². The van der Waals surface area contributed by atoms with Crippen LogP contribution in [0, 0.1) is 0 Å². The predicted octanol–water partition coefficient (Wildman–Crippen LogP) is 5.81. The lowest BCUT2D eigenvalue weighted by molar-refractivity contribution is 0.352. The Kier molecular flexibility index (Phi) is 8.18. The van der Waals surface area contributed by atoms with Gasteiger partial charge < -0.3 is 28.4 Å². The molecular formula is C26H27NO6. The molecule has 0 aliphatic carbocycles. The normalized spacial score (nSPS) is 11.5. The summed E-state index contributed by atoms with van der Waals surface area (Å²) in [5, 5.41) is 0. The van der Waals surface area contributed by atoms with Crippen molar-refractivity contribution in [3.8, 4) is 34.5 Å². The number of aliphatic imine (C=N–C) groups is 1. The standard InChI is InChI=1S/C26H27NO6/c1-18(17-32-20-11-13-22(28-2)24(15-20)30-4)26(27-19-9-7-6-8-10-19)33-21-12-14-23(29-3)25(16-21)31-5/h6-17H,1-5H3/b18-17?,27-26+. The molecule has 33 heavy (non-hydrogen) atoms. The van der Waals surface area contributed by atoms with Crippen LogP contribution in [0.3, 0.4) is 0 Å². The SMILES string of the molecule is COc1ccc(OC=C(C)/C(=N\c2ccccc2)Oc2ccc(OC)c(OC)c2)cc1OC. The van der Waals surface area contributed by atoms with Gasteiger partial charge in [0.15, 0.2) is 23.0 Å². The maximum absolute atomic E-state index is 6.11. The Balaban J connectivity index is 1.90. The van der Waals surface area contributed by atoms with Gasteiger partial charge in [0, 0.05) is 17.7 Å². The van der Waals surface area contributed by atoms with Crippen LogP contribution in [0.25, 0.3) is 0 Å². The fraction of sp³-hybridized carbons (Fsp3) is 0.192. The Morgan fingerprint density at radius 3 is 1.79 bits per heavy atom. The van der Waals surface area contributed by atoms with E-state index in [-0.39, 0.29) is 0 Å². The lowest BCUT2D eigenvalue weighted by atomic mass is 10.2. The summed E-state index contributed by atoms with van der Waals surface area (Å²) < 4.78 is 33.2. The molecule has 172 valence electrons. The monoisotopic (exact) mass is 449 g/mol. The van der Waals surface area contributed by atoms with Gasteiger partial charge in [-0.25, -0.2) is 4.99 Å². The van der Waals surface area contributed by atoms with Crippen molar-refractivity contribution in [1.29, 1.82) is 0 Å². The lowest BCUT2D eigenvalue weighted by Gasteiger charge is -2.13. The topological polar surface area (TPSA) is 67.7 Å². The molecule has 0 fully saturated rings. The first-order chi connectivity index (χ1) is 16.1. The van der Waals surface area contributed by atoms with Gasteiger partial charge in [-0.3, -0.25) is 0 Å². The molecule has 7 heteroatoms. The van der Waals surface area contributed by atoms with Crippen LogP contribution in [0.1, 0.15) is 6.92 Å². The Morgan fingerprint density at radius 2 is 1.21 bits per heavy atom. The van der Waals surface area contributed by atoms with Crippen molar-refractivity contribution in [3.63, 3.8) is 0 Å². The molecule has 0 heterocycles. The van der Waals surface area contributed by atoms with Crippen LogP contribution in [0.2, 0.25) is 0 Å². The number of ether oxygens (including phenoxy) is 6. The van der Waals surface area contributed by atoms with Crippen LogP contribution >= 0.6 is 0 Å². The minimum absolute atomic E-state index is 0.369. The number of benzene rings is 3. The van der Waals surface area contributed by atoms with E-state index in [4.69, 9.17) is 28.4 Å². The molecule has 0 amide bonds. The van der Waals surface area contributed by atoms with E-state index in [9.17, 15) is 0 Å². The van der Waals surface area contributed by atoms with E-state index in [1.54, 1.807) is 71.1 Å². The highest BCUT2D eigenvalue weighted by molar-refractivity contribution is 5.96. The Labute approximate surface area is 193 Å². The molecule has 0 bridgehead atoms. The van der Waals surface area contributed by atoms with Crippen LogP contribution in [0.4, 0.5) is 5.69 Å². The van der Waals surface area contributed by atoms with E-state index in [1.165, 1.54) is 0 Å². The van der Waals surface area contributed by atoms with Crippen LogP contribution in [-0.2, 0) is 0 Å². The Bertz CT molecular complexity index is 1120. The lowest BCUT2D eigenvalue weighted by Crippen LogP contribution is -2.11. The summed E-state index contributed by atoms with van der Waals surface area (Å²) in [6, 6.07) is 20.1. The molecule has 0 spiro atoms. The van der Waals surface area contributed by atoms with Crippen molar-refractivity contribution >= 4 is 11.6 Å². The Morgan fingerprint density at radius 1 is 0.667 bits per heavy atom. The third-order valence-electron chi connectivity index (χ3n) is 4.62. The minimum Gasteiger partial charge on any atom is -0.493 e. The first kappa shape index (κ1) is 23.5. The van der Waals surface area contributed by atoms with Gasteiger partial charge in [-0.15, -0.1) is 0 Å². The van der Waals surface area contributed by atoms with E-state index in [0.29, 0.717) is 46.0 Å². The molecule has 0 saturated carbocycles. The molecule has 3 aromatic rings. The number of hydrogen-bond acceptors (Lipinski definition) is 7. The van der Waals surface area contributed by atoms with Gasteiger partial charge in [0.2, 0.25) is 5.90 Å². The minimum atomic E-state index is 0.369. The van der Waals surface area contributed by atoms with Gasteiger partial charge >= 0.3 is 0 Å². The second kappa shape index (κ2) is 11.5. The van der Waals surface area contributed by atoms with Crippen molar-refractivity contribution in [1.82, 2.24) is 0 Å². The van der Waals surface area contributed by atoms with Crippen molar-refractivity contribution < 1.29 is 28.4 Å². The first-order valence-electron chi connectivity index (χ1n) is 10.2. The number of methoxy groups -OCH3 is 4. The maximum atomic E-state index is 6.11. The predicted molar refractivity (Wildman–Crippen MR) is 128 cm³/mol. The van der Waals surface area contributed by atoms with Gasteiger partial charge in [-0.1, -0.05) is 18.2 Å². The van der Waals surface area contributed by atoms with Gasteiger partial charge in [0.1, 0.15) is 11.5 Å². The molecule has 0 radical (unpaired) electrons. The zero-order valence-electron chi connectivity index (χ0n) is 19.3. The summed E-state index contributed by atoms with van der Waals surface area (Å²) in [6.45, 7) is 1.85. The summed E-state index contributed by atoms with van der Waals surface area (Å²) in [5.74, 6) is 3.84. The molecule has 0 saturated heterocycles. The third kappa shape index (κ3) is 6.20. The average Bonchev–Trinajstić information content (AvgIpc) is 2.87. The second-order valence-electron chi connectivity index (χ2n) is 6.81. The zero-order chi connectivity index (χ0) is 23.6. The van der Waals surface area contributed by atoms with Crippen LogP contribution in [0.5, 0.6) is 34.5 Å². The molecule has 0 aliphatic heterocycles. The number of nitrogens with zero attached hydrogens (tertiary/aromatic N) is 1. The first-order valence-corrected chi connectivity index (χ1v) is 10.2. The van der Waals surface area contributed by atoms with Crippen LogP contribution in [-0.4, -0.2) is 34.3 Å². The number of para-hydroxylation sites is 1. The van der Waals surface area contributed by atoms with Crippen molar-refractivity contribution in [3.05, 3.63) is 78.6 Å². The summed E-state index contributed by atoms with van der Waals surface area (Å²) in [7, 11) is 6.31. The summed E-state index contributed by atoms with van der Waals surface area (Å²) in [5.41, 5.74) is 1.41. The second-order valence-corrected chi connectivity index (χ2v) is 6.81. The number of hydrogen-bond donors (Lipinski definition) is 0. The molecular weight excluding hydrogens is 422 g/mol. The highest BCUT2D eigenvalue weighted by Gasteiger charge is 2.12. The summed E-state index contributed by atoms with van der Waals surface area (Å²) in [4.78, 5) is 4.65. The zero-order valence-corrected chi connectivity index (χ0v) is 19.3. The molecule has 3 aromatic carbocycles. The average molecular weight is 450 g/mol. The highest BCUT2D eigenvalue weighted by atomic mass is 16.5. The van der Waals surface area contributed by atoms with Crippen molar-refractivity contribution in [2.24, 2.45) is 4.99 Å². The fourth-order valence-corrected chi connectivity index (χ4v) is 2.90. The van der Waals surface area contributed by atoms with E-state index in [2.05, 4.69) is 4.99 Å². The van der Waals surface area contributed by atoms with Gasteiger partial charge in [-0.2, -0.15) is 0 Å². The molecule has 0 unspecified atom stereocenters. The van der Waals surface area contributed by atoms with Gasteiger partial charge in [0.05, 0.1) is 40.4 Å². The fourth-order valence-electron chi connectivity index (χ4n) is 2.90. The maximum Gasteiger partial charge on any atom is 0.225 e. The summed E-state index contributed by atoms with van der Waals surface area (Å²) in [6.07, 6.45) is 1.57. The smallest absolute Gasteiger partial charge is 0.225 e. The van der Waals surface area contributed by atoms with Crippen molar-refractivity contribution in [2.75, 3.05) is 28.4 Å². The molecule has 7 nitrogen and oxygen atoms in total. The van der Waals surface area contributed by atoms with Crippen molar-refractivity contribution in [2.45, 2.75) is 6.92 Å². The molecule has 0 N–H and O–H groups in total. The van der Waals surface area contributed by atoms with Gasteiger partial charge in [0.25, 0.3) is 0 Å². The molecule has 3 rings (SSSR count). The van der Waals surface area contributed by atoms with Crippen LogP contribution < -0.4 is 28.4 Å². The summed E-state index contributed by atoms with van der Waals surface area (Å²) >= 11 is 0. The van der Waals surface area contributed by atoms with Gasteiger partial charge in [-0.05, 0) is 43.3 Å². The number of rotatable bonds is 9. The Hall–Kier alpha value is -4.13. The van der Waals surface area contributed by atoms with E-state index in [1.807, 2.05) is 37.3 Å². The molecule has 0 atom stereocenters. The van der Waals surface area contributed by atoms with E-state index < -0.39 is 0 Å².